The Labute approximate surface area is 376 Å². The van der Waals surface area contributed by atoms with Crippen molar-refractivity contribution < 1.29 is 28.6 Å². The Hall–Kier alpha value is -3.15. The maximum atomic E-state index is 12.7. The van der Waals surface area contributed by atoms with Gasteiger partial charge in [-0.05, 0) is 70.6 Å². The average molecular weight is 851 g/mol. The molecule has 0 rings (SSSR count). The lowest BCUT2D eigenvalue weighted by molar-refractivity contribution is -0.167. The molecule has 1 unspecified atom stereocenters. The van der Waals surface area contributed by atoms with Gasteiger partial charge in [-0.3, -0.25) is 14.4 Å². The van der Waals surface area contributed by atoms with Crippen molar-refractivity contribution in [2.24, 2.45) is 0 Å². The first-order valence-electron chi connectivity index (χ1n) is 25.4. The molecule has 0 fully saturated rings. The Morgan fingerprint density at radius 1 is 0.344 bits per heavy atom. The fourth-order valence-electron chi connectivity index (χ4n) is 6.92. The molecule has 0 N–H and O–H groups in total. The number of rotatable bonds is 45. The average Bonchev–Trinajstić information content (AvgIpc) is 3.26. The molecule has 0 saturated carbocycles. The zero-order valence-electron chi connectivity index (χ0n) is 39.9. The Bertz CT molecular complexity index is 1160. The molecule has 0 aromatic heterocycles. The van der Waals surface area contributed by atoms with Crippen LogP contribution in [0.25, 0.3) is 0 Å². The molecule has 0 radical (unpaired) electrons. The van der Waals surface area contributed by atoms with Crippen LogP contribution in [-0.4, -0.2) is 37.2 Å². The van der Waals surface area contributed by atoms with Gasteiger partial charge in [0.2, 0.25) is 0 Å². The Kier molecular flexibility index (Phi) is 46.9. The van der Waals surface area contributed by atoms with Crippen molar-refractivity contribution in [2.45, 2.75) is 245 Å². The van der Waals surface area contributed by atoms with E-state index < -0.39 is 6.10 Å². The minimum Gasteiger partial charge on any atom is -0.462 e. The van der Waals surface area contributed by atoms with Crippen LogP contribution in [0.3, 0.4) is 0 Å². The molecule has 0 aliphatic carbocycles. The second-order valence-corrected chi connectivity index (χ2v) is 16.7. The van der Waals surface area contributed by atoms with E-state index in [4.69, 9.17) is 14.2 Å². The molecular formula is C55H94O6. The molecule has 0 aliphatic rings. The highest BCUT2D eigenvalue weighted by atomic mass is 16.6. The van der Waals surface area contributed by atoms with Gasteiger partial charge in [0.25, 0.3) is 0 Å². The summed E-state index contributed by atoms with van der Waals surface area (Å²) in [5.74, 6) is -0.896. The van der Waals surface area contributed by atoms with Crippen LogP contribution in [0.1, 0.15) is 239 Å². The number of esters is 3. The van der Waals surface area contributed by atoms with Crippen LogP contribution < -0.4 is 0 Å². The van der Waals surface area contributed by atoms with E-state index in [2.05, 4.69) is 93.7 Å². The van der Waals surface area contributed by atoms with Crippen LogP contribution in [0.5, 0.6) is 0 Å². The van der Waals surface area contributed by atoms with Crippen LogP contribution in [0.15, 0.2) is 72.9 Å². The predicted octanol–water partition coefficient (Wildman–Crippen LogP) is 16.6. The normalized spacial score (nSPS) is 12.6. The van der Waals surface area contributed by atoms with Crippen molar-refractivity contribution in [3.8, 4) is 0 Å². The smallest absolute Gasteiger partial charge is 0.306 e. The lowest BCUT2D eigenvalue weighted by Crippen LogP contribution is -2.30. The van der Waals surface area contributed by atoms with Crippen LogP contribution in [0, 0.1) is 0 Å². The number of carbonyl (C=O) groups is 3. The van der Waals surface area contributed by atoms with Gasteiger partial charge in [0, 0.05) is 19.3 Å². The minimum absolute atomic E-state index is 0.0763. The van der Waals surface area contributed by atoms with E-state index in [0.717, 1.165) is 103 Å². The molecule has 0 heterocycles. The first-order chi connectivity index (χ1) is 30.0. The van der Waals surface area contributed by atoms with Gasteiger partial charge in [0.1, 0.15) is 13.2 Å². The molecular weight excluding hydrogens is 757 g/mol. The standard InChI is InChI=1S/C55H94O6/c1-4-7-10-13-16-18-20-21-22-23-24-25-26-27-28-29-30-31-32-33-34-35-36-38-39-42-45-48-54(57)60-51-52(50-59-53(56)47-44-41-15-12-9-6-3)61-55(58)49-46-43-40-37-19-17-14-11-8-5-2/h7,10,16,18,21-22,24-25,27-28,30-31,52H,4-6,8-9,11-15,17,19-20,23,26,29,32-51H2,1-3H3/b10-7-,18-16-,22-21-,25-24-,28-27-,31-30-. The maximum absolute atomic E-state index is 12.7. The Morgan fingerprint density at radius 2 is 0.639 bits per heavy atom. The number of hydrogen-bond acceptors (Lipinski definition) is 6. The number of allylic oxidation sites excluding steroid dienone is 12. The van der Waals surface area contributed by atoms with E-state index >= 15 is 0 Å². The molecule has 0 spiro atoms. The number of hydrogen-bond donors (Lipinski definition) is 0. The van der Waals surface area contributed by atoms with E-state index in [9.17, 15) is 14.4 Å². The Morgan fingerprint density at radius 3 is 1.00 bits per heavy atom. The van der Waals surface area contributed by atoms with Gasteiger partial charge < -0.3 is 14.2 Å². The lowest BCUT2D eigenvalue weighted by atomic mass is 10.1. The summed E-state index contributed by atoms with van der Waals surface area (Å²) < 4.78 is 16.6. The number of unbranched alkanes of at least 4 members (excludes halogenated alkanes) is 22. The van der Waals surface area contributed by atoms with Crippen LogP contribution in [0.2, 0.25) is 0 Å². The van der Waals surface area contributed by atoms with Crippen LogP contribution >= 0.6 is 0 Å². The van der Waals surface area contributed by atoms with Crippen molar-refractivity contribution in [3.05, 3.63) is 72.9 Å². The summed E-state index contributed by atoms with van der Waals surface area (Å²) in [6.45, 7) is 6.44. The van der Waals surface area contributed by atoms with Crippen molar-refractivity contribution in [1.82, 2.24) is 0 Å². The molecule has 0 aromatic rings. The minimum atomic E-state index is -0.771. The molecule has 0 amide bonds. The SMILES string of the molecule is CC/C=C\C/C=C\C/C=C\C/C=C\C/C=C\C/C=C\CCCCCCCCCCC(=O)OCC(COC(=O)CCCCCCCC)OC(=O)CCCCCCCCCCCC. The summed E-state index contributed by atoms with van der Waals surface area (Å²) in [5.41, 5.74) is 0. The molecule has 350 valence electrons. The zero-order valence-corrected chi connectivity index (χ0v) is 39.9. The summed E-state index contributed by atoms with van der Waals surface area (Å²) >= 11 is 0. The highest BCUT2D eigenvalue weighted by Crippen LogP contribution is 2.14. The summed E-state index contributed by atoms with van der Waals surface area (Å²) in [6.07, 6.45) is 62.0. The van der Waals surface area contributed by atoms with Crippen LogP contribution in [0.4, 0.5) is 0 Å². The van der Waals surface area contributed by atoms with E-state index in [0.29, 0.717) is 19.3 Å². The van der Waals surface area contributed by atoms with Gasteiger partial charge in [-0.1, -0.05) is 222 Å². The van der Waals surface area contributed by atoms with Crippen LogP contribution in [-0.2, 0) is 28.6 Å². The van der Waals surface area contributed by atoms with Crippen molar-refractivity contribution in [2.75, 3.05) is 13.2 Å². The fourth-order valence-corrected chi connectivity index (χ4v) is 6.92. The zero-order chi connectivity index (χ0) is 44.4. The highest BCUT2D eigenvalue weighted by Gasteiger charge is 2.19. The van der Waals surface area contributed by atoms with E-state index in [1.165, 1.54) is 96.3 Å². The summed E-state index contributed by atoms with van der Waals surface area (Å²) in [5, 5.41) is 0. The second kappa shape index (κ2) is 49.5. The largest absolute Gasteiger partial charge is 0.462 e. The van der Waals surface area contributed by atoms with Gasteiger partial charge >= 0.3 is 17.9 Å². The fraction of sp³-hybridized carbons (Fsp3) is 0.727. The molecule has 0 bridgehead atoms. The quantitative estimate of drug-likeness (QED) is 0.0263. The molecule has 0 aliphatic heterocycles. The molecule has 6 nitrogen and oxygen atoms in total. The number of carbonyl (C=O) groups excluding carboxylic acids is 3. The molecule has 0 saturated heterocycles. The molecule has 1 atom stereocenters. The van der Waals surface area contributed by atoms with Gasteiger partial charge in [0.05, 0.1) is 0 Å². The Balaban J connectivity index is 4.10. The van der Waals surface area contributed by atoms with E-state index in [1.807, 2.05) is 0 Å². The third-order valence-corrected chi connectivity index (χ3v) is 10.7. The first kappa shape index (κ1) is 57.9. The third-order valence-electron chi connectivity index (χ3n) is 10.7. The van der Waals surface area contributed by atoms with Crippen molar-refractivity contribution >= 4 is 17.9 Å². The monoisotopic (exact) mass is 851 g/mol. The summed E-state index contributed by atoms with van der Waals surface area (Å²) in [4.78, 5) is 37.6. The highest BCUT2D eigenvalue weighted by molar-refractivity contribution is 5.71. The van der Waals surface area contributed by atoms with Gasteiger partial charge in [-0.15, -0.1) is 0 Å². The van der Waals surface area contributed by atoms with Crippen molar-refractivity contribution in [3.63, 3.8) is 0 Å². The first-order valence-corrected chi connectivity index (χ1v) is 25.4. The molecule has 61 heavy (non-hydrogen) atoms. The molecule has 0 aromatic carbocycles. The third kappa shape index (κ3) is 47.7. The van der Waals surface area contributed by atoms with Gasteiger partial charge in [0.15, 0.2) is 6.10 Å². The topological polar surface area (TPSA) is 78.9 Å². The number of ether oxygens (including phenoxy) is 3. The lowest BCUT2D eigenvalue weighted by Gasteiger charge is -2.18. The predicted molar refractivity (Wildman–Crippen MR) is 261 cm³/mol. The molecule has 6 heteroatoms. The second-order valence-electron chi connectivity index (χ2n) is 16.7. The summed E-state index contributed by atoms with van der Waals surface area (Å²) in [6, 6.07) is 0. The van der Waals surface area contributed by atoms with Crippen molar-refractivity contribution in [1.29, 1.82) is 0 Å². The van der Waals surface area contributed by atoms with E-state index in [-0.39, 0.29) is 31.1 Å². The van der Waals surface area contributed by atoms with E-state index in [1.54, 1.807) is 0 Å². The van der Waals surface area contributed by atoms with Gasteiger partial charge in [-0.2, -0.15) is 0 Å². The maximum Gasteiger partial charge on any atom is 0.306 e. The summed E-state index contributed by atoms with van der Waals surface area (Å²) in [7, 11) is 0. The van der Waals surface area contributed by atoms with Gasteiger partial charge in [-0.25, -0.2) is 0 Å².